The molecule has 2 unspecified atom stereocenters. The first-order valence-electron chi connectivity index (χ1n) is 9.56. The third kappa shape index (κ3) is 5.40. The molecule has 2 atom stereocenters. The van der Waals surface area contributed by atoms with E-state index in [0.29, 0.717) is 5.56 Å². The summed E-state index contributed by atoms with van der Waals surface area (Å²) in [5, 5.41) is 2.06. The Balaban J connectivity index is 1.48. The van der Waals surface area contributed by atoms with Crippen LogP contribution in [-0.2, 0) is 5.41 Å². The highest BCUT2D eigenvalue weighted by atomic mass is 31.0. The number of anilines is 2. The van der Waals surface area contributed by atoms with Crippen molar-refractivity contribution in [1.82, 2.24) is 9.88 Å². The Hall–Kier alpha value is -1.71. The maximum atomic E-state index is 14.1. The van der Waals surface area contributed by atoms with Gasteiger partial charge in [-0.15, -0.1) is 0 Å². The number of nitrogens with one attached hydrogen (secondary N) is 1. The van der Waals surface area contributed by atoms with Crippen molar-refractivity contribution in [3.8, 4) is 0 Å². The fourth-order valence-electron chi connectivity index (χ4n) is 3.38. The van der Waals surface area contributed by atoms with Gasteiger partial charge in [0.15, 0.2) is 0 Å². The Morgan fingerprint density at radius 3 is 2.41 bits per heavy atom. The Morgan fingerprint density at radius 2 is 1.81 bits per heavy atom. The van der Waals surface area contributed by atoms with E-state index in [9.17, 15) is 4.39 Å². The van der Waals surface area contributed by atoms with Crippen molar-refractivity contribution < 1.29 is 4.39 Å². The summed E-state index contributed by atoms with van der Waals surface area (Å²) in [6, 6.07) is 10.4. The number of benzene rings is 1. The van der Waals surface area contributed by atoms with Crippen LogP contribution < -0.4 is 10.2 Å². The van der Waals surface area contributed by atoms with Crippen LogP contribution in [0.1, 0.15) is 23.6 Å². The first kappa shape index (κ1) is 20.0. The molecule has 1 aliphatic heterocycles. The zero-order valence-electron chi connectivity index (χ0n) is 16.5. The predicted molar refractivity (Wildman–Crippen MR) is 115 cm³/mol. The van der Waals surface area contributed by atoms with Gasteiger partial charge in [0, 0.05) is 56.7 Å². The standard InChI is InChI=1S/C21H30FN4P/c1-16-4-6-19(7-5-16)23-8-9-25-10-12-26(13-11-25)20-17(2)14-18(15-24-20)21(3,22)27/h4-7,14-15,23H,8-13,27H2,1-3H3. The van der Waals surface area contributed by atoms with Gasteiger partial charge in [0.25, 0.3) is 0 Å². The summed E-state index contributed by atoms with van der Waals surface area (Å²) in [4.78, 5) is 9.33. The molecule has 0 radical (unpaired) electrons. The van der Waals surface area contributed by atoms with E-state index in [1.807, 2.05) is 13.0 Å². The number of aryl methyl sites for hydroxylation is 2. The van der Waals surface area contributed by atoms with Crippen molar-refractivity contribution >= 4 is 20.7 Å². The molecule has 1 aliphatic rings. The lowest BCUT2D eigenvalue weighted by Gasteiger charge is -2.36. The molecule has 1 fully saturated rings. The first-order valence-corrected chi connectivity index (χ1v) is 10.1. The van der Waals surface area contributed by atoms with Gasteiger partial charge in [-0.2, -0.15) is 0 Å². The molecular formula is C21H30FN4P. The molecule has 0 amide bonds. The predicted octanol–water partition coefficient (Wildman–Crippen LogP) is 3.95. The smallest absolute Gasteiger partial charge is 0.147 e. The summed E-state index contributed by atoms with van der Waals surface area (Å²) in [5.41, 5.74) is 4.10. The summed E-state index contributed by atoms with van der Waals surface area (Å²) in [6.07, 6.45) is 1.66. The van der Waals surface area contributed by atoms with E-state index in [-0.39, 0.29) is 0 Å². The molecule has 0 spiro atoms. The molecule has 1 aromatic heterocycles. The van der Waals surface area contributed by atoms with Gasteiger partial charge < -0.3 is 10.2 Å². The number of pyridine rings is 1. The number of aromatic nitrogens is 1. The maximum Gasteiger partial charge on any atom is 0.147 e. The third-order valence-corrected chi connectivity index (χ3v) is 5.43. The largest absolute Gasteiger partial charge is 0.384 e. The number of halogens is 1. The van der Waals surface area contributed by atoms with Crippen LogP contribution in [-0.4, -0.2) is 49.2 Å². The number of hydrogen-bond acceptors (Lipinski definition) is 4. The normalized spacial score (nSPS) is 17.6. The van der Waals surface area contributed by atoms with Crippen molar-refractivity contribution in [2.45, 2.75) is 26.2 Å². The van der Waals surface area contributed by atoms with Gasteiger partial charge in [-0.05, 0) is 44.5 Å². The molecule has 3 rings (SSSR count). The second-order valence-corrected chi connectivity index (χ2v) is 8.65. The molecular weight excluding hydrogens is 358 g/mol. The Kier molecular flexibility index (Phi) is 6.33. The molecule has 2 aromatic rings. The van der Waals surface area contributed by atoms with Gasteiger partial charge in [0.1, 0.15) is 11.2 Å². The third-order valence-electron chi connectivity index (χ3n) is 5.10. The number of rotatable bonds is 6. The van der Waals surface area contributed by atoms with Crippen LogP contribution in [0.2, 0.25) is 0 Å². The molecule has 146 valence electrons. The van der Waals surface area contributed by atoms with Crippen molar-refractivity contribution in [1.29, 1.82) is 0 Å². The van der Waals surface area contributed by atoms with Crippen molar-refractivity contribution in [2.75, 3.05) is 49.5 Å². The van der Waals surface area contributed by atoms with Crippen LogP contribution in [0.25, 0.3) is 0 Å². The molecule has 0 bridgehead atoms. The molecule has 1 aromatic carbocycles. The highest BCUT2D eigenvalue weighted by Crippen LogP contribution is 2.34. The Labute approximate surface area is 164 Å². The first-order chi connectivity index (χ1) is 12.8. The minimum Gasteiger partial charge on any atom is -0.384 e. The minimum absolute atomic E-state index is 0.606. The molecule has 0 aliphatic carbocycles. The van der Waals surface area contributed by atoms with Crippen molar-refractivity contribution in [3.05, 3.63) is 53.2 Å². The highest BCUT2D eigenvalue weighted by molar-refractivity contribution is 7.18. The SMILES string of the molecule is Cc1ccc(NCCN2CCN(c3ncc(C(C)(F)P)cc3C)CC2)cc1. The van der Waals surface area contributed by atoms with Gasteiger partial charge in [-0.25, -0.2) is 9.37 Å². The van der Waals surface area contributed by atoms with Gasteiger partial charge in [-0.3, -0.25) is 4.90 Å². The molecule has 4 nitrogen and oxygen atoms in total. The number of hydrogen-bond donors (Lipinski definition) is 1. The molecule has 27 heavy (non-hydrogen) atoms. The molecule has 0 saturated carbocycles. The van der Waals surface area contributed by atoms with Crippen LogP contribution in [0.4, 0.5) is 15.9 Å². The van der Waals surface area contributed by atoms with E-state index in [4.69, 9.17) is 0 Å². The summed E-state index contributed by atoms with van der Waals surface area (Å²) in [6.45, 7) is 11.6. The van der Waals surface area contributed by atoms with Crippen LogP contribution in [0.5, 0.6) is 0 Å². The number of piperazine rings is 1. The van der Waals surface area contributed by atoms with Gasteiger partial charge in [-0.1, -0.05) is 26.9 Å². The van der Waals surface area contributed by atoms with Gasteiger partial charge >= 0.3 is 0 Å². The zero-order valence-corrected chi connectivity index (χ0v) is 17.7. The van der Waals surface area contributed by atoms with E-state index in [1.165, 1.54) is 18.2 Å². The average Bonchev–Trinajstić information content (AvgIpc) is 2.63. The van der Waals surface area contributed by atoms with E-state index in [1.54, 1.807) is 6.20 Å². The second kappa shape index (κ2) is 8.53. The molecule has 1 N–H and O–H groups in total. The van der Waals surface area contributed by atoms with Crippen LogP contribution in [0, 0.1) is 13.8 Å². The summed E-state index contributed by atoms with van der Waals surface area (Å²) in [5.74, 6) is 0.977. The van der Waals surface area contributed by atoms with Crippen molar-refractivity contribution in [3.63, 3.8) is 0 Å². The van der Waals surface area contributed by atoms with E-state index >= 15 is 0 Å². The lowest BCUT2D eigenvalue weighted by molar-refractivity contribution is 0.266. The van der Waals surface area contributed by atoms with Crippen LogP contribution in [0.3, 0.4) is 0 Å². The highest BCUT2D eigenvalue weighted by Gasteiger charge is 2.23. The van der Waals surface area contributed by atoms with E-state index < -0.39 is 5.41 Å². The lowest BCUT2D eigenvalue weighted by atomic mass is 10.1. The summed E-state index contributed by atoms with van der Waals surface area (Å²) < 4.78 is 14.1. The zero-order chi connectivity index (χ0) is 19.4. The fourth-order valence-corrected chi connectivity index (χ4v) is 3.54. The molecule has 2 heterocycles. The molecule has 6 heteroatoms. The summed E-state index contributed by atoms with van der Waals surface area (Å²) >= 11 is 0. The summed E-state index contributed by atoms with van der Waals surface area (Å²) in [7, 11) is 2.24. The van der Waals surface area contributed by atoms with Gasteiger partial charge in [0.2, 0.25) is 0 Å². The lowest BCUT2D eigenvalue weighted by Crippen LogP contribution is -2.48. The van der Waals surface area contributed by atoms with Crippen molar-refractivity contribution in [2.24, 2.45) is 0 Å². The van der Waals surface area contributed by atoms with Gasteiger partial charge in [0.05, 0.1) is 0 Å². The average molecular weight is 388 g/mol. The Bertz CT molecular complexity index is 750. The van der Waals surface area contributed by atoms with E-state index in [2.05, 4.69) is 60.5 Å². The monoisotopic (exact) mass is 388 g/mol. The Morgan fingerprint density at radius 1 is 1.15 bits per heavy atom. The topological polar surface area (TPSA) is 31.4 Å². The number of nitrogens with zero attached hydrogens (tertiary/aromatic N) is 3. The second-order valence-electron chi connectivity index (χ2n) is 7.56. The minimum atomic E-state index is -1.43. The van der Waals surface area contributed by atoms with Crippen LogP contribution >= 0.6 is 9.24 Å². The van der Waals surface area contributed by atoms with E-state index in [0.717, 1.165) is 50.6 Å². The fraction of sp³-hybridized carbons (Fsp3) is 0.476. The molecule has 1 saturated heterocycles. The number of alkyl halides is 1. The quantitative estimate of drug-likeness (QED) is 0.760. The van der Waals surface area contributed by atoms with Crippen LogP contribution in [0.15, 0.2) is 36.5 Å². The maximum absolute atomic E-state index is 14.1.